The maximum atomic E-state index is 5.62. The standard InChI is InChI=1S/C12H20BrN3/c1-2-3-5-16(6-4-14)10-11-7-12(13)9-15-8-11/h7-9H,2-6,10,14H2,1H3. The molecule has 1 rings (SSSR count). The molecule has 0 aliphatic rings. The van der Waals surface area contributed by atoms with E-state index in [-0.39, 0.29) is 0 Å². The van der Waals surface area contributed by atoms with Gasteiger partial charge in [0, 0.05) is 36.5 Å². The minimum atomic E-state index is 0.713. The molecule has 0 saturated heterocycles. The van der Waals surface area contributed by atoms with Gasteiger partial charge in [0.05, 0.1) is 0 Å². The number of rotatable bonds is 7. The van der Waals surface area contributed by atoms with E-state index in [1.165, 1.54) is 18.4 Å². The van der Waals surface area contributed by atoms with Crippen molar-refractivity contribution in [3.8, 4) is 0 Å². The second kappa shape index (κ2) is 7.76. The molecule has 1 heterocycles. The van der Waals surface area contributed by atoms with E-state index in [1.807, 2.05) is 12.4 Å². The molecule has 16 heavy (non-hydrogen) atoms. The van der Waals surface area contributed by atoms with Crippen LogP contribution in [0.2, 0.25) is 0 Å². The zero-order valence-corrected chi connectivity index (χ0v) is 11.4. The van der Waals surface area contributed by atoms with Crippen molar-refractivity contribution in [3.63, 3.8) is 0 Å². The van der Waals surface area contributed by atoms with Crippen LogP contribution in [0.15, 0.2) is 22.9 Å². The molecule has 0 bridgehead atoms. The maximum absolute atomic E-state index is 5.62. The molecule has 0 fully saturated rings. The summed E-state index contributed by atoms with van der Waals surface area (Å²) in [5.41, 5.74) is 6.85. The molecule has 0 aromatic carbocycles. The molecule has 0 radical (unpaired) electrons. The number of nitrogens with zero attached hydrogens (tertiary/aromatic N) is 2. The Morgan fingerprint density at radius 3 is 2.81 bits per heavy atom. The number of pyridine rings is 1. The molecule has 0 spiro atoms. The van der Waals surface area contributed by atoms with Gasteiger partial charge in [-0.2, -0.15) is 0 Å². The zero-order chi connectivity index (χ0) is 11.8. The third-order valence-electron chi connectivity index (χ3n) is 2.44. The highest BCUT2D eigenvalue weighted by Gasteiger charge is 2.05. The van der Waals surface area contributed by atoms with Gasteiger partial charge in [0.25, 0.3) is 0 Å². The van der Waals surface area contributed by atoms with E-state index >= 15 is 0 Å². The first-order valence-corrected chi connectivity index (χ1v) is 6.57. The highest BCUT2D eigenvalue weighted by Crippen LogP contribution is 2.11. The van der Waals surface area contributed by atoms with Crippen LogP contribution in [-0.4, -0.2) is 29.5 Å². The van der Waals surface area contributed by atoms with Crippen LogP contribution in [0.25, 0.3) is 0 Å². The first-order valence-electron chi connectivity index (χ1n) is 5.78. The number of halogens is 1. The topological polar surface area (TPSA) is 42.1 Å². The summed E-state index contributed by atoms with van der Waals surface area (Å²) in [5.74, 6) is 0. The van der Waals surface area contributed by atoms with Gasteiger partial charge >= 0.3 is 0 Å². The van der Waals surface area contributed by atoms with Crippen molar-refractivity contribution >= 4 is 15.9 Å². The lowest BCUT2D eigenvalue weighted by molar-refractivity contribution is 0.268. The van der Waals surface area contributed by atoms with E-state index in [4.69, 9.17) is 5.73 Å². The Balaban J connectivity index is 2.52. The van der Waals surface area contributed by atoms with Crippen LogP contribution in [0.5, 0.6) is 0 Å². The van der Waals surface area contributed by atoms with Gasteiger partial charge in [-0.1, -0.05) is 13.3 Å². The fourth-order valence-electron chi connectivity index (χ4n) is 1.63. The Bertz CT molecular complexity index is 304. The van der Waals surface area contributed by atoms with Gasteiger partial charge in [-0.25, -0.2) is 0 Å². The summed E-state index contributed by atoms with van der Waals surface area (Å²) < 4.78 is 1.04. The molecule has 2 N–H and O–H groups in total. The minimum absolute atomic E-state index is 0.713. The summed E-state index contributed by atoms with van der Waals surface area (Å²) >= 11 is 3.44. The van der Waals surface area contributed by atoms with E-state index in [1.54, 1.807) is 0 Å². The largest absolute Gasteiger partial charge is 0.329 e. The summed E-state index contributed by atoms with van der Waals surface area (Å²) in [7, 11) is 0. The van der Waals surface area contributed by atoms with Gasteiger partial charge in [-0.3, -0.25) is 9.88 Å². The summed E-state index contributed by atoms with van der Waals surface area (Å²) in [6.45, 7) is 5.92. The smallest absolute Gasteiger partial charge is 0.0410 e. The first kappa shape index (κ1) is 13.6. The van der Waals surface area contributed by atoms with Crippen LogP contribution in [0, 0.1) is 0 Å². The van der Waals surface area contributed by atoms with Crippen molar-refractivity contribution < 1.29 is 0 Å². The van der Waals surface area contributed by atoms with Gasteiger partial charge in [0.15, 0.2) is 0 Å². The van der Waals surface area contributed by atoms with Crippen molar-refractivity contribution in [1.82, 2.24) is 9.88 Å². The number of nitrogens with two attached hydrogens (primary N) is 1. The van der Waals surface area contributed by atoms with Crippen LogP contribution in [0.4, 0.5) is 0 Å². The van der Waals surface area contributed by atoms with Crippen LogP contribution < -0.4 is 5.73 Å². The molecule has 0 saturated carbocycles. The van der Waals surface area contributed by atoms with Crippen LogP contribution >= 0.6 is 15.9 Å². The van der Waals surface area contributed by atoms with E-state index in [0.29, 0.717) is 6.54 Å². The molecule has 3 nitrogen and oxygen atoms in total. The lowest BCUT2D eigenvalue weighted by Crippen LogP contribution is -2.30. The average Bonchev–Trinajstić information content (AvgIpc) is 2.26. The number of unbranched alkanes of at least 4 members (excludes halogenated alkanes) is 1. The second-order valence-electron chi connectivity index (χ2n) is 3.93. The zero-order valence-electron chi connectivity index (χ0n) is 9.82. The molecule has 1 aromatic heterocycles. The highest BCUT2D eigenvalue weighted by atomic mass is 79.9. The summed E-state index contributed by atoms with van der Waals surface area (Å²) in [4.78, 5) is 6.55. The molecular weight excluding hydrogens is 266 g/mol. The SMILES string of the molecule is CCCCN(CCN)Cc1cncc(Br)c1. The van der Waals surface area contributed by atoms with Crippen LogP contribution in [-0.2, 0) is 6.54 Å². The molecule has 1 aromatic rings. The predicted octanol–water partition coefficient (Wildman–Crippen LogP) is 2.40. The van der Waals surface area contributed by atoms with E-state index in [9.17, 15) is 0 Å². The summed E-state index contributed by atoms with van der Waals surface area (Å²) in [5, 5.41) is 0. The maximum Gasteiger partial charge on any atom is 0.0410 e. The number of hydrogen-bond acceptors (Lipinski definition) is 3. The summed E-state index contributed by atoms with van der Waals surface area (Å²) in [6, 6.07) is 2.11. The third kappa shape index (κ3) is 5.05. The normalized spacial score (nSPS) is 11.0. The predicted molar refractivity (Wildman–Crippen MR) is 71.2 cm³/mol. The van der Waals surface area contributed by atoms with Gasteiger partial charge in [-0.05, 0) is 40.5 Å². The molecular formula is C12H20BrN3. The molecule has 0 atom stereocenters. The minimum Gasteiger partial charge on any atom is -0.329 e. The van der Waals surface area contributed by atoms with Gasteiger partial charge in [0.1, 0.15) is 0 Å². The molecule has 90 valence electrons. The molecule has 4 heteroatoms. The average molecular weight is 286 g/mol. The summed E-state index contributed by atoms with van der Waals surface area (Å²) in [6.07, 6.45) is 6.17. The van der Waals surface area contributed by atoms with E-state index in [0.717, 1.165) is 24.1 Å². The van der Waals surface area contributed by atoms with Crippen molar-refractivity contribution in [2.75, 3.05) is 19.6 Å². The lowest BCUT2D eigenvalue weighted by Gasteiger charge is -2.21. The van der Waals surface area contributed by atoms with Gasteiger partial charge < -0.3 is 5.73 Å². The Labute approximate surface area is 106 Å². The third-order valence-corrected chi connectivity index (χ3v) is 2.87. The van der Waals surface area contributed by atoms with Gasteiger partial charge in [-0.15, -0.1) is 0 Å². The monoisotopic (exact) mass is 285 g/mol. The van der Waals surface area contributed by atoms with Gasteiger partial charge in [0.2, 0.25) is 0 Å². The van der Waals surface area contributed by atoms with Crippen molar-refractivity contribution in [2.45, 2.75) is 26.3 Å². The molecule has 0 unspecified atom stereocenters. The van der Waals surface area contributed by atoms with Crippen molar-refractivity contribution in [1.29, 1.82) is 0 Å². The molecule has 0 amide bonds. The first-order chi connectivity index (χ1) is 7.76. The van der Waals surface area contributed by atoms with E-state index in [2.05, 4.69) is 38.8 Å². The molecule has 0 aliphatic heterocycles. The van der Waals surface area contributed by atoms with Crippen molar-refractivity contribution in [2.24, 2.45) is 5.73 Å². The number of hydrogen-bond donors (Lipinski definition) is 1. The van der Waals surface area contributed by atoms with Crippen LogP contribution in [0.3, 0.4) is 0 Å². The van der Waals surface area contributed by atoms with Crippen LogP contribution in [0.1, 0.15) is 25.3 Å². The fourth-order valence-corrected chi connectivity index (χ4v) is 2.05. The lowest BCUT2D eigenvalue weighted by atomic mass is 10.2. The quantitative estimate of drug-likeness (QED) is 0.837. The number of aromatic nitrogens is 1. The Kier molecular flexibility index (Phi) is 6.61. The Morgan fingerprint density at radius 2 is 2.19 bits per heavy atom. The van der Waals surface area contributed by atoms with E-state index < -0.39 is 0 Å². The fraction of sp³-hybridized carbons (Fsp3) is 0.583. The highest BCUT2D eigenvalue weighted by molar-refractivity contribution is 9.10. The second-order valence-corrected chi connectivity index (χ2v) is 4.85. The van der Waals surface area contributed by atoms with Crippen molar-refractivity contribution in [3.05, 3.63) is 28.5 Å². The molecule has 0 aliphatic carbocycles. The Hall–Kier alpha value is -0.450. The Morgan fingerprint density at radius 1 is 1.38 bits per heavy atom.